The molecular formula is C14H18F3NO2. The van der Waals surface area contributed by atoms with E-state index in [1.807, 2.05) is 30.3 Å². The molecule has 0 amide bonds. The maximum Gasteiger partial charge on any atom is 0.415 e. The van der Waals surface area contributed by atoms with Crippen molar-refractivity contribution >= 4 is 0 Å². The summed E-state index contributed by atoms with van der Waals surface area (Å²) in [5.41, 5.74) is 0.914. The third-order valence-corrected chi connectivity index (χ3v) is 3.50. The summed E-state index contributed by atoms with van der Waals surface area (Å²) >= 11 is 0. The SMILES string of the molecule is O[C@H](CN[C@@H](c1ccccc1)[C@@H]1CCOC1)C(F)(F)F. The molecule has 0 saturated carbocycles. The van der Waals surface area contributed by atoms with Crippen molar-refractivity contribution in [2.45, 2.75) is 24.7 Å². The Morgan fingerprint density at radius 3 is 2.55 bits per heavy atom. The van der Waals surface area contributed by atoms with Crippen molar-refractivity contribution in [1.82, 2.24) is 5.32 Å². The molecule has 6 heteroatoms. The molecule has 1 aromatic carbocycles. The van der Waals surface area contributed by atoms with E-state index in [2.05, 4.69) is 5.32 Å². The van der Waals surface area contributed by atoms with Gasteiger partial charge in [0.2, 0.25) is 0 Å². The van der Waals surface area contributed by atoms with E-state index in [0.29, 0.717) is 13.2 Å². The number of nitrogens with one attached hydrogen (secondary N) is 1. The van der Waals surface area contributed by atoms with E-state index in [9.17, 15) is 13.2 Å². The van der Waals surface area contributed by atoms with E-state index in [-0.39, 0.29) is 12.0 Å². The van der Waals surface area contributed by atoms with Gasteiger partial charge in [-0.2, -0.15) is 13.2 Å². The van der Waals surface area contributed by atoms with Crippen molar-refractivity contribution in [2.24, 2.45) is 5.92 Å². The van der Waals surface area contributed by atoms with Gasteiger partial charge in [0.15, 0.2) is 6.10 Å². The van der Waals surface area contributed by atoms with Gasteiger partial charge in [-0.05, 0) is 12.0 Å². The van der Waals surface area contributed by atoms with Gasteiger partial charge in [0.25, 0.3) is 0 Å². The number of rotatable bonds is 5. The molecule has 1 aromatic rings. The highest BCUT2D eigenvalue weighted by molar-refractivity contribution is 5.20. The smallest absolute Gasteiger partial charge is 0.382 e. The third-order valence-electron chi connectivity index (χ3n) is 3.50. The molecule has 0 aliphatic carbocycles. The standard InChI is InChI=1S/C14H18F3NO2/c15-14(16,17)12(19)8-18-13(11-6-7-20-9-11)10-4-2-1-3-5-10/h1-5,11-13,18-19H,6-9H2/t11-,12-,13+/m1/s1. The molecule has 20 heavy (non-hydrogen) atoms. The highest BCUT2D eigenvalue weighted by Crippen LogP contribution is 2.29. The highest BCUT2D eigenvalue weighted by Gasteiger charge is 2.39. The molecular weight excluding hydrogens is 271 g/mol. The second kappa shape index (κ2) is 6.56. The lowest BCUT2D eigenvalue weighted by Crippen LogP contribution is -2.41. The number of benzene rings is 1. The normalized spacial score (nSPS) is 22.7. The van der Waals surface area contributed by atoms with Crippen LogP contribution < -0.4 is 5.32 Å². The molecule has 0 unspecified atom stereocenters. The van der Waals surface area contributed by atoms with Crippen molar-refractivity contribution in [2.75, 3.05) is 19.8 Å². The molecule has 3 atom stereocenters. The molecule has 0 aromatic heterocycles. The topological polar surface area (TPSA) is 41.5 Å². The monoisotopic (exact) mass is 289 g/mol. The molecule has 112 valence electrons. The predicted molar refractivity (Wildman–Crippen MR) is 68.2 cm³/mol. The largest absolute Gasteiger partial charge is 0.415 e. The van der Waals surface area contributed by atoms with Gasteiger partial charge >= 0.3 is 6.18 Å². The molecule has 1 heterocycles. The van der Waals surface area contributed by atoms with Crippen LogP contribution in [-0.4, -0.2) is 37.1 Å². The summed E-state index contributed by atoms with van der Waals surface area (Å²) in [6, 6.07) is 9.05. The zero-order valence-corrected chi connectivity index (χ0v) is 10.9. The average Bonchev–Trinajstić information content (AvgIpc) is 2.93. The Morgan fingerprint density at radius 1 is 1.30 bits per heavy atom. The van der Waals surface area contributed by atoms with Crippen LogP contribution >= 0.6 is 0 Å². The fraction of sp³-hybridized carbons (Fsp3) is 0.571. The predicted octanol–water partition coefficient (Wildman–Crippen LogP) is 2.28. The second-order valence-corrected chi connectivity index (χ2v) is 4.98. The van der Waals surface area contributed by atoms with E-state index < -0.39 is 18.8 Å². The van der Waals surface area contributed by atoms with Crippen LogP contribution in [0.25, 0.3) is 0 Å². The minimum absolute atomic E-state index is 0.123. The Hall–Kier alpha value is -1.11. The van der Waals surface area contributed by atoms with Gasteiger partial charge in [-0.15, -0.1) is 0 Å². The molecule has 0 spiro atoms. The van der Waals surface area contributed by atoms with E-state index in [0.717, 1.165) is 12.0 Å². The highest BCUT2D eigenvalue weighted by atomic mass is 19.4. The number of hydrogen-bond donors (Lipinski definition) is 2. The maximum absolute atomic E-state index is 12.4. The fourth-order valence-electron chi connectivity index (χ4n) is 2.39. The summed E-state index contributed by atoms with van der Waals surface area (Å²) in [4.78, 5) is 0. The summed E-state index contributed by atoms with van der Waals surface area (Å²) in [5, 5.41) is 11.9. The van der Waals surface area contributed by atoms with E-state index in [1.165, 1.54) is 0 Å². The Bertz CT molecular complexity index is 405. The van der Waals surface area contributed by atoms with Gasteiger partial charge in [-0.3, -0.25) is 0 Å². The first-order chi connectivity index (χ1) is 9.48. The average molecular weight is 289 g/mol. The molecule has 2 N–H and O–H groups in total. The molecule has 0 bridgehead atoms. The number of halogens is 3. The number of aliphatic hydroxyl groups is 1. The molecule has 1 fully saturated rings. The lowest BCUT2D eigenvalue weighted by atomic mass is 9.92. The first kappa shape index (κ1) is 15.3. The van der Waals surface area contributed by atoms with E-state index >= 15 is 0 Å². The lowest BCUT2D eigenvalue weighted by Gasteiger charge is -2.26. The van der Waals surface area contributed by atoms with Crippen LogP contribution in [0, 0.1) is 5.92 Å². The van der Waals surface area contributed by atoms with E-state index in [1.54, 1.807) is 0 Å². The van der Waals surface area contributed by atoms with Gasteiger partial charge in [-0.25, -0.2) is 0 Å². The van der Waals surface area contributed by atoms with Gasteiger partial charge in [-0.1, -0.05) is 30.3 Å². The van der Waals surface area contributed by atoms with Gasteiger partial charge < -0.3 is 15.2 Å². The Kier molecular flexibility index (Phi) is 5.01. The van der Waals surface area contributed by atoms with Crippen LogP contribution in [-0.2, 0) is 4.74 Å². The van der Waals surface area contributed by atoms with E-state index in [4.69, 9.17) is 9.84 Å². The minimum Gasteiger partial charge on any atom is -0.382 e. The summed E-state index contributed by atoms with van der Waals surface area (Å²) in [7, 11) is 0. The Morgan fingerprint density at radius 2 is 2.00 bits per heavy atom. The number of aliphatic hydroxyl groups excluding tert-OH is 1. The van der Waals surface area contributed by atoms with Crippen LogP contribution in [0.15, 0.2) is 30.3 Å². The van der Waals surface area contributed by atoms with Crippen LogP contribution in [0.3, 0.4) is 0 Å². The van der Waals surface area contributed by atoms with Gasteiger partial charge in [0.05, 0.1) is 6.61 Å². The van der Waals surface area contributed by atoms with Crippen molar-refractivity contribution < 1.29 is 23.0 Å². The molecule has 2 rings (SSSR count). The lowest BCUT2D eigenvalue weighted by molar-refractivity contribution is -0.202. The van der Waals surface area contributed by atoms with Crippen molar-refractivity contribution in [1.29, 1.82) is 0 Å². The zero-order chi connectivity index (χ0) is 14.6. The third kappa shape index (κ3) is 3.94. The van der Waals surface area contributed by atoms with Crippen LogP contribution in [0.2, 0.25) is 0 Å². The first-order valence-corrected chi connectivity index (χ1v) is 6.59. The van der Waals surface area contributed by atoms with Crippen LogP contribution in [0.4, 0.5) is 13.2 Å². The van der Waals surface area contributed by atoms with Crippen molar-refractivity contribution in [3.8, 4) is 0 Å². The summed E-state index contributed by atoms with van der Waals surface area (Å²) < 4.78 is 42.4. The van der Waals surface area contributed by atoms with Crippen LogP contribution in [0.1, 0.15) is 18.0 Å². The zero-order valence-electron chi connectivity index (χ0n) is 10.9. The summed E-state index contributed by atoms with van der Waals surface area (Å²) in [6.07, 6.45) is -6.15. The Balaban J connectivity index is 2.04. The quantitative estimate of drug-likeness (QED) is 0.874. The fourth-order valence-corrected chi connectivity index (χ4v) is 2.39. The maximum atomic E-state index is 12.4. The Labute approximate surface area is 115 Å². The first-order valence-electron chi connectivity index (χ1n) is 6.59. The molecule has 0 radical (unpaired) electrons. The van der Waals surface area contributed by atoms with Gasteiger partial charge in [0, 0.05) is 25.1 Å². The minimum atomic E-state index is -4.60. The number of alkyl halides is 3. The summed E-state index contributed by atoms with van der Waals surface area (Å²) in [6.45, 7) is 0.631. The summed E-state index contributed by atoms with van der Waals surface area (Å²) in [5.74, 6) is 0.123. The molecule has 1 saturated heterocycles. The molecule has 1 aliphatic rings. The number of hydrogen-bond acceptors (Lipinski definition) is 3. The second-order valence-electron chi connectivity index (χ2n) is 4.98. The van der Waals surface area contributed by atoms with Gasteiger partial charge in [0.1, 0.15) is 0 Å². The number of ether oxygens (including phenoxy) is 1. The van der Waals surface area contributed by atoms with Crippen molar-refractivity contribution in [3.63, 3.8) is 0 Å². The molecule has 1 aliphatic heterocycles. The van der Waals surface area contributed by atoms with Crippen molar-refractivity contribution in [3.05, 3.63) is 35.9 Å². The molecule has 3 nitrogen and oxygen atoms in total. The van der Waals surface area contributed by atoms with Crippen LogP contribution in [0.5, 0.6) is 0 Å².